The average molecular weight is 455 g/mol. The Morgan fingerprint density at radius 3 is 2.59 bits per heavy atom. The lowest BCUT2D eigenvalue weighted by atomic mass is 9.97. The number of hydrogen-bond donors (Lipinski definition) is 2. The van der Waals surface area contributed by atoms with Crippen molar-refractivity contribution in [3.05, 3.63) is 65.4 Å². The van der Waals surface area contributed by atoms with Gasteiger partial charge in [0.2, 0.25) is 5.91 Å². The standard InChI is InChI=1S/C25H30N4O2.ClH/c1-17-24(21-6-4-5-7-22(21)31-3)25(29(2)28-17)27-23(30)15-19-10-8-18(9-11-19)14-20-12-13-26-16-20;/h4-11,20,26H,12-16H2,1-3H3,(H,27,30);1H. The number of aryl methyl sites for hydroxylation is 2. The molecule has 1 atom stereocenters. The third kappa shape index (κ3) is 5.31. The summed E-state index contributed by atoms with van der Waals surface area (Å²) in [6, 6.07) is 16.2. The van der Waals surface area contributed by atoms with Gasteiger partial charge in [-0.3, -0.25) is 9.48 Å². The monoisotopic (exact) mass is 454 g/mol. The first kappa shape index (κ1) is 23.8. The van der Waals surface area contributed by atoms with E-state index in [1.54, 1.807) is 11.8 Å². The van der Waals surface area contributed by atoms with E-state index < -0.39 is 0 Å². The predicted octanol–water partition coefficient (Wildman–Crippen LogP) is 4.16. The quantitative estimate of drug-likeness (QED) is 0.562. The highest BCUT2D eigenvalue weighted by Gasteiger charge is 2.20. The molecule has 170 valence electrons. The second-order valence-electron chi connectivity index (χ2n) is 8.24. The summed E-state index contributed by atoms with van der Waals surface area (Å²) in [4.78, 5) is 12.9. The number of ether oxygens (including phenoxy) is 1. The Bertz CT molecular complexity index is 1060. The van der Waals surface area contributed by atoms with Crippen molar-refractivity contribution >= 4 is 24.1 Å². The first-order valence-electron chi connectivity index (χ1n) is 10.8. The van der Waals surface area contributed by atoms with E-state index in [2.05, 4.69) is 40.0 Å². The number of nitrogens with zero attached hydrogens (tertiary/aromatic N) is 2. The van der Waals surface area contributed by atoms with Gasteiger partial charge in [0.15, 0.2) is 0 Å². The summed E-state index contributed by atoms with van der Waals surface area (Å²) in [7, 11) is 3.49. The van der Waals surface area contributed by atoms with Crippen molar-refractivity contribution < 1.29 is 9.53 Å². The molecule has 1 aliphatic rings. The molecule has 1 fully saturated rings. The number of carbonyl (C=O) groups is 1. The highest BCUT2D eigenvalue weighted by Crippen LogP contribution is 2.37. The molecule has 2 heterocycles. The van der Waals surface area contributed by atoms with Crippen LogP contribution in [0, 0.1) is 12.8 Å². The van der Waals surface area contributed by atoms with Gasteiger partial charge >= 0.3 is 0 Å². The maximum absolute atomic E-state index is 12.9. The van der Waals surface area contributed by atoms with Crippen LogP contribution in [0.15, 0.2) is 48.5 Å². The zero-order valence-corrected chi connectivity index (χ0v) is 19.7. The minimum Gasteiger partial charge on any atom is -0.496 e. The van der Waals surface area contributed by atoms with Crippen molar-refractivity contribution in [2.75, 3.05) is 25.5 Å². The summed E-state index contributed by atoms with van der Waals surface area (Å²) >= 11 is 0. The van der Waals surface area contributed by atoms with Gasteiger partial charge in [0.25, 0.3) is 0 Å². The summed E-state index contributed by atoms with van der Waals surface area (Å²) in [5, 5.41) is 11.0. The molecule has 1 aromatic heterocycles. The average Bonchev–Trinajstić information content (AvgIpc) is 3.37. The van der Waals surface area contributed by atoms with Gasteiger partial charge in [-0.05, 0) is 56.0 Å². The number of para-hydroxylation sites is 1. The number of halogens is 1. The van der Waals surface area contributed by atoms with Crippen molar-refractivity contribution in [3.8, 4) is 16.9 Å². The first-order chi connectivity index (χ1) is 15.0. The number of anilines is 1. The van der Waals surface area contributed by atoms with Crippen LogP contribution in [0.1, 0.15) is 23.2 Å². The van der Waals surface area contributed by atoms with Crippen LogP contribution in [0.25, 0.3) is 11.1 Å². The van der Waals surface area contributed by atoms with Gasteiger partial charge in [-0.15, -0.1) is 12.4 Å². The normalized spacial score (nSPS) is 15.3. The molecule has 0 bridgehead atoms. The van der Waals surface area contributed by atoms with Crippen molar-refractivity contribution in [3.63, 3.8) is 0 Å². The second-order valence-corrected chi connectivity index (χ2v) is 8.24. The predicted molar refractivity (Wildman–Crippen MR) is 131 cm³/mol. The Morgan fingerprint density at radius 2 is 1.91 bits per heavy atom. The minimum absolute atomic E-state index is 0. The topological polar surface area (TPSA) is 68.2 Å². The molecule has 1 amide bonds. The summed E-state index contributed by atoms with van der Waals surface area (Å²) in [6.45, 7) is 4.16. The molecule has 0 saturated carbocycles. The van der Waals surface area contributed by atoms with Crippen LogP contribution in [0.3, 0.4) is 0 Å². The Labute approximate surface area is 195 Å². The lowest BCUT2D eigenvalue weighted by molar-refractivity contribution is -0.115. The van der Waals surface area contributed by atoms with E-state index in [9.17, 15) is 4.79 Å². The van der Waals surface area contributed by atoms with Crippen LogP contribution in [0.4, 0.5) is 5.82 Å². The van der Waals surface area contributed by atoms with Gasteiger partial charge in [-0.1, -0.05) is 42.5 Å². The number of aromatic nitrogens is 2. The molecule has 2 N–H and O–H groups in total. The molecule has 1 saturated heterocycles. The maximum Gasteiger partial charge on any atom is 0.229 e. The van der Waals surface area contributed by atoms with Crippen LogP contribution >= 0.6 is 12.4 Å². The molecule has 1 aliphatic heterocycles. The molecule has 3 aromatic rings. The van der Waals surface area contributed by atoms with Crippen LogP contribution in [-0.4, -0.2) is 35.9 Å². The Hall–Kier alpha value is -2.83. The van der Waals surface area contributed by atoms with E-state index in [4.69, 9.17) is 4.74 Å². The molecular formula is C25H31ClN4O2. The number of rotatable bonds is 7. The number of methoxy groups -OCH3 is 1. The van der Waals surface area contributed by atoms with Gasteiger partial charge in [-0.2, -0.15) is 5.10 Å². The fourth-order valence-electron chi connectivity index (χ4n) is 4.35. The molecule has 0 radical (unpaired) electrons. The molecule has 0 aliphatic carbocycles. The molecule has 1 unspecified atom stereocenters. The zero-order chi connectivity index (χ0) is 21.8. The Morgan fingerprint density at radius 1 is 1.19 bits per heavy atom. The van der Waals surface area contributed by atoms with Crippen LogP contribution in [-0.2, 0) is 24.7 Å². The molecular weight excluding hydrogens is 424 g/mol. The van der Waals surface area contributed by atoms with E-state index in [-0.39, 0.29) is 18.3 Å². The number of carbonyl (C=O) groups excluding carboxylic acids is 1. The van der Waals surface area contributed by atoms with E-state index in [1.165, 1.54) is 12.0 Å². The van der Waals surface area contributed by atoms with Crippen LogP contribution < -0.4 is 15.4 Å². The summed E-state index contributed by atoms with van der Waals surface area (Å²) in [5.41, 5.74) is 4.97. The number of amides is 1. The Kier molecular flexibility index (Phi) is 7.94. The van der Waals surface area contributed by atoms with E-state index in [0.29, 0.717) is 12.2 Å². The third-order valence-corrected chi connectivity index (χ3v) is 5.93. The molecule has 2 aromatic carbocycles. The molecule has 32 heavy (non-hydrogen) atoms. The largest absolute Gasteiger partial charge is 0.496 e. The number of benzene rings is 2. The maximum atomic E-state index is 12.9. The lowest BCUT2D eigenvalue weighted by Crippen LogP contribution is -2.17. The molecule has 7 heteroatoms. The fraction of sp³-hybridized carbons (Fsp3) is 0.360. The van der Waals surface area contributed by atoms with Gasteiger partial charge in [0, 0.05) is 12.6 Å². The van der Waals surface area contributed by atoms with Crippen molar-refractivity contribution in [1.82, 2.24) is 15.1 Å². The van der Waals surface area contributed by atoms with Crippen LogP contribution in [0.2, 0.25) is 0 Å². The minimum atomic E-state index is -0.0631. The van der Waals surface area contributed by atoms with Crippen LogP contribution in [0.5, 0.6) is 5.75 Å². The molecule has 4 rings (SSSR count). The highest BCUT2D eigenvalue weighted by molar-refractivity contribution is 5.96. The zero-order valence-electron chi connectivity index (χ0n) is 18.9. The molecule has 0 spiro atoms. The van der Waals surface area contributed by atoms with Crippen molar-refractivity contribution in [1.29, 1.82) is 0 Å². The van der Waals surface area contributed by atoms with Gasteiger partial charge < -0.3 is 15.4 Å². The van der Waals surface area contributed by atoms with Gasteiger partial charge in [0.1, 0.15) is 11.6 Å². The fourth-order valence-corrected chi connectivity index (χ4v) is 4.35. The summed E-state index contributed by atoms with van der Waals surface area (Å²) < 4.78 is 7.24. The molecule has 6 nitrogen and oxygen atoms in total. The summed E-state index contributed by atoms with van der Waals surface area (Å²) in [6.07, 6.45) is 2.65. The number of hydrogen-bond acceptors (Lipinski definition) is 4. The van der Waals surface area contributed by atoms with E-state index in [1.807, 2.05) is 38.2 Å². The van der Waals surface area contributed by atoms with E-state index >= 15 is 0 Å². The number of nitrogens with one attached hydrogen (secondary N) is 2. The third-order valence-electron chi connectivity index (χ3n) is 5.93. The SMILES string of the molecule is COc1ccccc1-c1c(C)nn(C)c1NC(=O)Cc1ccc(CC2CCNC2)cc1.Cl. The first-order valence-corrected chi connectivity index (χ1v) is 10.8. The second kappa shape index (κ2) is 10.7. The van der Waals surface area contributed by atoms with Gasteiger partial charge in [-0.25, -0.2) is 0 Å². The smallest absolute Gasteiger partial charge is 0.229 e. The van der Waals surface area contributed by atoms with E-state index in [0.717, 1.165) is 53.6 Å². The summed E-state index contributed by atoms with van der Waals surface area (Å²) in [5.74, 6) is 2.09. The lowest BCUT2D eigenvalue weighted by Gasteiger charge is -2.12. The highest BCUT2D eigenvalue weighted by atomic mass is 35.5. The van der Waals surface area contributed by atoms with Gasteiger partial charge in [0.05, 0.1) is 24.8 Å². The Balaban J connectivity index is 0.00000289. The van der Waals surface area contributed by atoms with Crippen molar-refractivity contribution in [2.45, 2.75) is 26.2 Å². The van der Waals surface area contributed by atoms with Crippen molar-refractivity contribution in [2.24, 2.45) is 13.0 Å².